The largest absolute Gasteiger partial charge is 0.507 e. The summed E-state index contributed by atoms with van der Waals surface area (Å²) in [4.78, 5) is 40.9. The zero-order valence-corrected chi connectivity index (χ0v) is 21.1. The number of carbonyl (C=O) groups excluding carboxylic acids is 3. The van der Waals surface area contributed by atoms with Gasteiger partial charge in [-0.15, -0.1) is 0 Å². The topological polar surface area (TPSA) is 173 Å². The van der Waals surface area contributed by atoms with Gasteiger partial charge >= 0.3 is 0 Å². The Balaban J connectivity index is 1.59. The number of primary amides is 1. The third-order valence-corrected chi connectivity index (χ3v) is 9.01. The van der Waals surface area contributed by atoms with Crippen molar-refractivity contribution in [1.82, 2.24) is 10.2 Å². The van der Waals surface area contributed by atoms with Gasteiger partial charge in [0.1, 0.15) is 17.4 Å². The Morgan fingerprint density at radius 1 is 1.19 bits per heavy atom. The van der Waals surface area contributed by atoms with E-state index in [1.54, 1.807) is 19.0 Å². The molecule has 0 aromatic heterocycles. The van der Waals surface area contributed by atoms with Crippen LogP contribution >= 0.6 is 0 Å². The van der Waals surface area contributed by atoms with E-state index in [0.29, 0.717) is 24.6 Å². The van der Waals surface area contributed by atoms with Crippen molar-refractivity contribution in [2.75, 3.05) is 14.1 Å². The fourth-order valence-corrected chi connectivity index (χ4v) is 7.22. The van der Waals surface area contributed by atoms with Crippen molar-refractivity contribution >= 4 is 23.2 Å². The molecule has 1 aromatic rings. The predicted octanol–water partition coefficient (Wildman–Crippen LogP) is 0.161. The smallest absolute Gasteiger partial charge is 0.230 e. The van der Waals surface area contributed by atoms with E-state index in [9.17, 15) is 34.8 Å². The van der Waals surface area contributed by atoms with Gasteiger partial charge in [-0.25, -0.2) is 0 Å². The molecule has 5 rings (SSSR count). The average molecular weight is 514 g/mol. The standard InChI is InChI=1S/C27H35N3O7/c1-30(2)21-16-10-13-9-15-12(11-29-14-5-3-4-6-14)7-8-17(31)19(15)22(32)18(13)24(34)27(16,37)25(35)20(23(21)33)26(28)36/h7-8,13-14,16,20-21,23,29,31-33,37H,3-6,9-11H2,1-2H3,(H2,28,36)/t13-,16-,20?,21?,23?,27-/m0/s1. The van der Waals surface area contributed by atoms with Crippen LogP contribution in [0.25, 0.3) is 5.76 Å². The zero-order chi connectivity index (χ0) is 26.8. The Morgan fingerprint density at radius 3 is 2.49 bits per heavy atom. The average Bonchev–Trinajstić information content (AvgIpc) is 3.34. The Bertz CT molecular complexity index is 1190. The van der Waals surface area contributed by atoms with Crippen LogP contribution < -0.4 is 11.1 Å². The van der Waals surface area contributed by atoms with E-state index in [0.717, 1.165) is 18.4 Å². The lowest BCUT2D eigenvalue weighted by atomic mass is 9.54. The molecule has 10 nitrogen and oxygen atoms in total. The van der Waals surface area contributed by atoms with Crippen molar-refractivity contribution < 1.29 is 34.8 Å². The molecule has 10 heteroatoms. The zero-order valence-electron chi connectivity index (χ0n) is 21.1. The molecule has 3 saturated carbocycles. The van der Waals surface area contributed by atoms with E-state index in [1.165, 1.54) is 18.9 Å². The summed E-state index contributed by atoms with van der Waals surface area (Å²) in [5.41, 5.74) is 4.39. The van der Waals surface area contributed by atoms with Gasteiger partial charge in [-0.3, -0.25) is 14.4 Å². The number of phenols is 1. The summed E-state index contributed by atoms with van der Waals surface area (Å²) in [7, 11) is 3.27. The van der Waals surface area contributed by atoms with Crippen molar-refractivity contribution in [1.29, 1.82) is 0 Å². The van der Waals surface area contributed by atoms with E-state index in [4.69, 9.17) is 5.73 Å². The summed E-state index contributed by atoms with van der Waals surface area (Å²) in [6.07, 6.45) is 3.49. The number of fused-ring (bicyclic) bond motifs is 3. The van der Waals surface area contributed by atoms with Crippen molar-refractivity contribution in [3.05, 3.63) is 34.4 Å². The van der Waals surface area contributed by atoms with Gasteiger partial charge in [0.15, 0.2) is 11.4 Å². The normalized spacial score (nSPS) is 33.9. The number of hydrogen-bond acceptors (Lipinski definition) is 9. The van der Waals surface area contributed by atoms with Crippen molar-refractivity contribution in [2.24, 2.45) is 23.5 Å². The minimum absolute atomic E-state index is 0.114. The number of benzene rings is 1. The Kier molecular flexibility index (Phi) is 6.42. The summed E-state index contributed by atoms with van der Waals surface area (Å²) in [5.74, 6) is -7.27. The van der Waals surface area contributed by atoms with Crippen LogP contribution in [0.4, 0.5) is 0 Å². The molecule has 0 radical (unpaired) electrons. The molecule has 3 unspecified atom stereocenters. The van der Waals surface area contributed by atoms with Crippen LogP contribution in [0.1, 0.15) is 48.8 Å². The van der Waals surface area contributed by atoms with E-state index in [1.807, 2.05) is 6.07 Å². The molecule has 0 saturated heterocycles. The molecule has 1 amide bonds. The first-order valence-electron chi connectivity index (χ1n) is 12.9. The molecule has 4 aliphatic rings. The molecular formula is C27H35N3O7. The van der Waals surface area contributed by atoms with E-state index >= 15 is 0 Å². The number of nitrogens with one attached hydrogen (secondary N) is 1. The van der Waals surface area contributed by atoms with Crippen LogP contribution in [0.15, 0.2) is 17.7 Å². The van der Waals surface area contributed by atoms with E-state index in [-0.39, 0.29) is 23.3 Å². The number of Topliss-reactive ketones (excluding diaryl/α,β-unsaturated/α-hetero) is 2. The number of rotatable bonds is 5. The highest BCUT2D eigenvalue weighted by Crippen LogP contribution is 2.52. The number of amides is 1. The molecule has 4 aliphatic carbocycles. The summed E-state index contributed by atoms with van der Waals surface area (Å²) >= 11 is 0. The van der Waals surface area contributed by atoms with Crippen LogP contribution in [-0.4, -0.2) is 80.7 Å². The summed E-state index contributed by atoms with van der Waals surface area (Å²) in [5, 5.41) is 48.1. The van der Waals surface area contributed by atoms with Crippen LogP contribution in [0.5, 0.6) is 5.75 Å². The molecular weight excluding hydrogens is 478 g/mol. The second kappa shape index (κ2) is 9.20. The summed E-state index contributed by atoms with van der Waals surface area (Å²) in [6, 6.07) is 2.79. The van der Waals surface area contributed by atoms with Crippen LogP contribution in [-0.2, 0) is 27.3 Å². The Labute approximate surface area is 215 Å². The summed E-state index contributed by atoms with van der Waals surface area (Å²) in [6.45, 7) is 0.543. The van der Waals surface area contributed by atoms with E-state index < -0.39 is 58.7 Å². The van der Waals surface area contributed by atoms with Gasteiger partial charge < -0.3 is 36.4 Å². The lowest BCUT2D eigenvalue weighted by Gasteiger charge is -2.53. The number of likely N-dealkylation sites (N-methyl/N-ethyl adjacent to an activating group) is 1. The van der Waals surface area contributed by atoms with Gasteiger partial charge in [0.2, 0.25) is 11.7 Å². The molecule has 37 heavy (non-hydrogen) atoms. The molecule has 3 fully saturated rings. The monoisotopic (exact) mass is 513 g/mol. The molecule has 200 valence electrons. The third-order valence-electron chi connectivity index (χ3n) is 9.01. The first-order chi connectivity index (χ1) is 17.5. The molecule has 0 bridgehead atoms. The van der Waals surface area contributed by atoms with Crippen molar-refractivity contribution in [2.45, 2.75) is 68.9 Å². The van der Waals surface area contributed by atoms with Gasteiger partial charge in [0.25, 0.3) is 0 Å². The molecule has 1 aromatic carbocycles. The molecule has 6 atom stereocenters. The first-order valence-corrected chi connectivity index (χ1v) is 12.9. The van der Waals surface area contributed by atoms with E-state index in [2.05, 4.69) is 5.32 Å². The van der Waals surface area contributed by atoms with Gasteiger partial charge in [0, 0.05) is 30.1 Å². The maximum Gasteiger partial charge on any atom is 0.230 e. The number of nitrogens with two attached hydrogens (primary N) is 1. The molecule has 0 aliphatic heterocycles. The van der Waals surface area contributed by atoms with Crippen LogP contribution in [0, 0.1) is 17.8 Å². The van der Waals surface area contributed by atoms with Gasteiger partial charge in [-0.1, -0.05) is 18.9 Å². The van der Waals surface area contributed by atoms with Gasteiger partial charge in [-0.05, 0) is 62.9 Å². The number of hydrogen-bond donors (Lipinski definition) is 6. The quantitative estimate of drug-likeness (QED) is 0.300. The first kappa shape index (κ1) is 25.8. The number of aliphatic hydroxyl groups excluding tert-OH is 2. The lowest BCUT2D eigenvalue weighted by molar-refractivity contribution is -0.184. The van der Waals surface area contributed by atoms with Gasteiger partial charge in [0.05, 0.1) is 11.7 Å². The maximum absolute atomic E-state index is 13.9. The number of ketones is 2. The van der Waals surface area contributed by atoms with Crippen molar-refractivity contribution in [3.8, 4) is 5.75 Å². The molecule has 0 heterocycles. The molecule has 0 spiro atoms. The SMILES string of the molecule is CN(C)C1C(O)C(C(N)=O)C(=O)[C@@]2(O)C(=O)C3=C(O)c4c(O)ccc(CNC5CCCC5)c4C[C@H]3C[C@@H]12. The van der Waals surface area contributed by atoms with Crippen LogP contribution in [0.3, 0.4) is 0 Å². The second-order valence-corrected chi connectivity index (χ2v) is 11.2. The second-order valence-electron chi connectivity index (χ2n) is 11.2. The fraction of sp³-hybridized carbons (Fsp3) is 0.593. The Morgan fingerprint density at radius 2 is 1.86 bits per heavy atom. The highest BCUT2D eigenvalue weighted by molar-refractivity contribution is 6.25. The summed E-state index contributed by atoms with van der Waals surface area (Å²) < 4.78 is 0. The number of phenolic OH excluding ortho intramolecular Hbond substituents is 1. The van der Waals surface area contributed by atoms with Crippen LogP contribution in [0.2, 0.25) is 0 Å². The predicted molar refractivity (Wildman–Crippen MR) is 133 cm³/mol. The number of aromatic hydroxyl groups is 1. The minimum Gasteiger partial charge on any atom is -0.507 e. The highest BCUT2D eigenvalue weighted by atomic mass is 16.3. The highest BCUT2D eigenvalue weighted by Gasteiger charge is 2.67. The Hall–Kier alpha value is -2.79. The number of nitrogens with zero attached hydrogens (tertiary/aromatic N) is 1. The number of carbonyl (C=O) groups is 3. The fourth-order valence-electron chi connectivity index (χ4n) is 7.22. The maximum atomic E-state index is 13.9. The van der Waals surface area contributed by atoms with Crippen molar-refractivity contribution in [3.63, 3.8) is 0 Å². The van der Waals surface area contributed by atoms with Gasteiger partial charge in [-0.2, -0.15) is 0 Å². The minimum atomic E-state index is -2.64. The number of aliphatic hydroxyl groups is 3. The lowest BCUT2D eigenvalue weighted by Crippen LogP contribution is -2.73. The molecule has 7 N–H and O–H groups in total. The third kappa shape index (κ3) is 3.80.